The predicted molar refractivity (Wildman–Crippen MR) is 71.4 cm³/mol. The minimum absolute atomic E-state index is 0.115. The molecule has 96 valence electrons. The van der Waals surface area contributed by atoms with Crippen LogP contribution in [0.1, 0.15) is 6.92 Å². The number of para-hydroxylation sites is 2. The first-order chi connectivity index (χ1) is 8.13. The molecule has 0 radical (unpaired) electrons. The summed E-state index contributed by atoms with van der Waals surface area (Å²) in [6, 6.07) is 7.19. The average Bonchev–Trinajstić information content (AvgIpc) is 2.35. The molecule has 0 aliphatic heterocycles. The number of thioether (sulfide) groups is 1. The first kappa shape index (κ1) is 14.2. The molecule has 0 aliphatic carbocycles. The van der Waals surface area contributed by atoms with Crippen LogP contribution >= 0.6 is 11.8 Å². The second kappa shape index (κ2) is 7.42. The van der Waals surface area contributed by atoms with E-state index < -0.39 is 6.10 Å². The molecule has 0 amide bonds. The van der Waals surface area contributed by atoms with Crippen molar-refractivity contribution in [1.29, 1.82) is 0 Å². The Morgan fingerprint density at radius 2 is 2.12 bits per heavy atom. The van der Waals surface area contributed by atoms with Crippen LogP contribution in [0.3, 0.4) is 0 Å². The fourth-order valence-corrected chi connectivity index (χ4v) is 1.93. The molecule has 1 aromatic rings. The molecule has 0 aromatic heterocycles. The highest BCUT2D eigenvalue weighted by molar-refractivity contribution is 7.99. The molecule has 0 aliphatic rings. The fourth-order valence-electron chi connectivity index (χ4n) is 1.17. The molecule has 5 heteroatoms. The van der Waals surface area contributed by atoms with Gasteiger partial charge in [0, 0.05) is 11.0 Å². The Labute approximate surface area is 106 Å². The van der Waals surface area contributed by atoms with Crippen LogP contribution in [0, 0.1) is 0 Å². The van der Waals surface area contributed by atoms with Crippen molar-refractivity contribution >= 4 is 17.4 Å². The highest BCUT2D eigenvalue weighted by Crippen LogP contribution is 2.20. The Kier molecular flexibility index (Phi) is 6.18. The number of ether oxygens (including phenoxy) is 1. The number of hydrogen-bond donors (Lipinski definition) is 3. The highest BCUT2D eigenvalue weighted by Gasteiger charge is 2.09. The smallest absolute Gasteiger partial charge is 0.142 e. The summed E-state index contributed by atoms with van der Waals surface area (Å²) < 4.78 is 5.41. The van der Waals surface area contributed by atoms with Crippen LogP contribution in [0.15, 0.2) is 24.3 Å². The van der Waals surface area contributed by atoms with Crippen LogP contribution in [-0.4, -0.2) is 40.5 Å². The van der Waals surface area contributed by atoms with E-state index in [9.17, 15) is 5.11 Å². The summed E-state index contributed by atoms with van der Waals surface area (Å²) in [4.78, 5) is 0. The number of aliphatic hydroxyl groups is 2. The molecule has 1 rings (SSSR count). The van der Waals surface area contributed by atoms with Gasteiger partial charge < -0.3 is 20.7 Å². The van der Waals surface area contributed by atoms with E-state index in [1.807, 2.05) is 19.1 Å². The van der Waals surface area contributed by atoms with Gasteiger partial charge in [0.15, 0.2) is 0 Å². The fraction of sp³-hybridized carbons (Fsp3) is 0.500. The van der Waals surface area contributed by atoms with Crippen molar-refractivity contribution in [2.75, 3.05) is 24.7 Å². The number of aliphatic hydroxyl groups excluding tert-OH is 2. The number of rotatable bonds is 7. The number of hydrogen-bond acceptors (Lipinski definition) is 5. The molecule has 0 fully saturated rings. The molecule has 17 heavy (non-hydrogen) atoms. The molecule has 0 saturated heterocycles. The van der Waals surface area contributed by atoms with E-state index in [2.05, 4.69) is 0 Å². The van der Waals surface area contributed by atoms with Gasteiger partial charge in [-0.15, -0.1) is 0 Å². The number of nitrogen functional groups attached to an aromatic ring is 1. The lowest BCUT2D eigenvalue weighted by Gasteiger charge is -2.15. The normalized spacial score (nSPS) is 14.3. The van der Waals surface area contributed by atoms with E-state index in [-0.39, 0.29) is 18.5 Å². The van der Waals surface area contributed by atoms with E-state index in [4.69, 9.17) is 15.6 Å². The summed E-state index contributed by atoms with van der Waals surface area (Å²) in [5.41, 5.74) is 6.27. The first-order valence-electron chi connectivity index (χ1n) is 5.51. The van der Waals surface area contributed by atoms with E-state index in [0.29, 0.717) is 17.2 Å². The lowest BCUT2D eigenvalue weighted by Crippen LogP contribution is -2.22. The maximum Gasteiger partial charge on any atom is 0.142 e. The quantitative estimate of drug-likeness (QED) is 0.638. The summed E-state index contributed by atoms with van der Waals surface area (Å²) in [6.07, 6.45) is -0.561. The SMILES string of the molecule is CC(CO)SCC(O)COc1ccccc1N. The van der Waals surface area contributed by atoms with E-state index in [1.54, 1.807) is 12.1 Å². The van der Waals surface area contributed by atoms with Gasteiger partial charge in [0.1, 0.15) is 12.4 Å². The molecule has 0 bridgehead atoms. The van der Waals surface area contributed by atoms with Gasteiger partial charge in [-0.05, 0) is 12.1 Å². The van der Waals surface area contributed by atoms with Crippen molar-refractivity contribution in [3.8, 4) is 5.75 Å². The Morgan fingerprint density at radius 3 is 2.76 bits per heavy atom. The van der Waals surface area contributed by atoms with Crippen LogP contribution in [0.25, 0.3) is 0 Å². The van der Waals surface area contributed by atoms with Gasteiger partial charge in [-0.1, -0.05) is 19.1 Å². The molecule has 4 nitrogen and oxygen atoms in total. The van der Waals surface area contributed by atoms with E-state index in [0.717, 1.165) is 0 Å². The van der Waals surface area contributed by atoms with Gasteiger partial charge in [-0.25, -0.2) is 0 Å². The van der Waals surface area contributed by atoms with E-state index in [1.165, 1.54) is 11.8 Å². The second-order valence-corrected chi connectivity index (χ2v) is 5.30. The summed E-state index contributed by atoms with van der Waals surface area (Å²) >= 11 is 1.51. The lowest BCUT2D eigenvalue weighted by molar-refractivity contribution is 0.126. The third-order valence-corrected chi connectivity index (χ3v) is 3.48. The predicted octanol–water partition coefficient (Wildman–Crippen LogP) is 1.12. The number of anilines is 1. The van der Waals surface area contributed by atoms with Gasteiger partial charge in [0.05, 0.1) is 18.4 Å². The van der Waals surface area contributed by atoms with Gasteiger partial charge in [-0.3, -0.25) is 0 Å². The van der Waals surface area contributed by atoms with Gasteiger partial charge in [0.25, 0.3) is 0 Å². The molecule has 4 N–H and O–H groups in total. The van der Waals surface area contributed by atoms with Crippen molar-refractivity contribution < 1.29 is 14.9 Å². The van der Waals surface area contributed by atoms with Gasteiger partial charge in [0.2, 0.25) is 0 Å². The Hall–Kier alpha value is -0.910. The first-order valence-corrected chi connectivity index (χ1v) is 6.56. The van der Waals surface area contributed by atoms with Gasteiger partial charge in [-0.2, -0.15) is 11.8 Å². The van der Waals surface area contributed by atoms with Crippen LogP contribution in [0.2, 0.25) is 0 Å². The minimum atomic E-state index is -0.561. The zero-order valence-corrected chi connectivity index (χ0v) is 10.7. The monoisotopic (exact) mass is 257 g/mol. The molecular formula is C12H19NO3S. The van der Waals surface area contributed by atoms with Crippen molar-refractivity contribution in [3.63, 3.8) is 0 Å². The average molecular weight is 257 g/mol. The van der Waals surface area contributed by atoms with Crippen LogP contribution in [0.4, 0.5) is 5.69 Å². The van der Waals surface area contributed by atoms with Crippen molar-refractivity contribution in [3.05, 3.63) is 24.3 Å². The Balaban J connectivity index is 2.28. The summed E-state index contributed by atoms with van der Waals surface area (Å²) in [5, 5.41) is 18.7. The molecule has 2 atom stereocenters. The molecule has 2 unspecified atom stereocenters. The zero-order valence-electron chi connectivity index (χ0n) is 9.87. The maximum atomic E-state index is 9.68. The minimum Gasteiger partial charge on any atom is -0.489 e. The zero-order chi connectivity index (χ0) is 12.7. The summed E-state index contributed by atoms with van der Waals surface area (Å²) in [5.74, 6) is 1.13. The van der Waals surface area contributed by atoms with Crippen molar-refractivity contribution in [2.24, 2.45) is 0 Å². The summed E-state index contributed by atoms with van der Waals surface area (Å²) in [7, 11) is 0. The largest absolute Gasteiger partial charge is 0.489 e. The standard InChI is InChI=1S/C12H19NO3S/c1-9(6-14)17-8-10(15)7-16-12-5-3-2-4-11(12)13/h2-5,9-10,14-15H,6-8,13H2,1H3. The Morgan fingerprint density at radius 1 is 1.41 bits per heavy atom. The number of nitrogens with two attached hydrogens (primary N) is 1. The second-order valence-electron chi connectivity index (χ2n) is 3.83. The van der Waals surface area contributed by atoms with Crippen molar-refractivity contribution in [2.45, 2.75) is 18.3 Å². The summed E-state index contributed by atoms with van der Waals surface area (Å²) in [6.45, 7) is 2.23. The van der Waals surface area contributed by atoms with E-state index >= 15 is 0 Å². The van der Waals surface area contributed by atoms with Crippen LogP contribution < -0.4 is 10.5 Å². The maximum absolute atomic E-state index is 9.68. The molecule has 0 saturated carbocycles. The number of benzene rings is 1. The molecule has 0 spiro atoms. The molecular weight excluding hydrogens is 238 g/mol. The van der Waals surface area contributed by atoms with Crippen LogP contribution in [-0.2, 0) is 0 Å². The Bertz CT molecular complexity index is 335. The third kappa shape index (κ3) is 5.30. The van der Waals surface area contributed by atoms with Crippen molar-refractivity contribution in [1.82, 2.24) is 0 Å². The van der Waals surface area contributed by atoms with Gasteiger partial charge >= 0.3 is 0 Å². The van der Waals surface area contributed by atoms with Crippen LogP contribution in [0.5, 0.6) is 5.75 Å². The highest BCUT2D eigenvalue weighted by atomic mass is 32.2. The third-order valence-electron chi connectivity index (χ3n) is 2.18. The lowest BCUT2D eigenvalue weighted by atomic mass is 10.3. The molecule has 0 heterocycles. The topological polar surface area (TPSA) is 75.7 Å². The molecule has 1 aromatic carbocycles.